The Labute approximate surface area is 129 Å². The highest BCUT2D eigenvalue weighted by molar-refractivity contribution is 6.33. The maximum atomic E-state index is 11.6. The number of rotatable bonds is 6. The smallest absolute Gasteiger partial charge is 0.271 e. The molecule has 0 aliphatic rings. The van der Waals surface area contributed by atoms with Crippen molar-refractivity contribution in [2.24, 2.45) is 5.41 Å². The lowest BCUT2D eigenvalue weighted by Gasteiger charge is -2.17. The van der Waals surface area contributed by atoms with Crippen LogP contribution in [0.3, 0.4) is 0 Å². The molecule has 0 spiro atoms. The van der Waals surface area contributed by atoms with Gasteiger partial charge in [0.15, 0.2) is 0 Å². The zero-order valence-electron chi connectivity index (χ0n) is 12.4. The summed E-state index contributed by atoms with van der Waals surface area (Å²) in [6.07, 6.45) is 0.731. The molecule has 0 aromatic heterocycles. The minimum absolute atomic E-state index is 0.0101. The third-order valence-electron chi connectivity index (χ3n) is 2.80. The summed E-state index contributed by atoms with van der Waals surface area (Å²) in [5, 5.41) is 16.8. The molecule has 0 unspecified atom stereocenters. The number of anilines is 1. The Balaban J connectivity index is 2.37. The first-order chi connectivity index (χ1) is 9.71. The predicted molar refractivity (Wildman–Crippen MR) is 83.7 cm³/mol. The summed E-state index contributed by atoms with van der Waals surface area (Å²) in [5.74, 6) is 0.0101. The van der Waals surface area contributed by atoms with Gasteiger partial charge in [-0.05, 0) is 12.5 Å². The number of amides is 1. The van der Waals surface area contributed by atoms with Gasteiger partial charge in [-0.15, -0.1) is 0 Å². The van der Waals surface area contributed by atoms with Crippen LogP contribution in [0.15, 0.2) is 18.2 Å². The number of nitro groups is 1. The third kappa shape index (κ3) is 5.59. The molecule has 116 valence electrons. The molecular formula is C14H20ClN3O3. The zero-order chi connectivity index (χ0) is 16.0. The van der Waals surface area contributed by atoms with Crippen LogP contribution in [0.1, 0.15) is 27.2 Å². The van der Waals surface area contributed by atoms with Crippen molar-refractivity contribution in [3.63, 3.8) is 0 Å². The number of hydrogen-bond donors (Lipinski definition) is 2. The maximum Gasteiger partial charge on any atom is 0.271 e. The molecule has 1 aromatic rings. The van der Waals surface area contributed by atoms with Crippen molar-refractivity contribution in [1.82, 2.24) is 5.32 Å². The Morgan fingerprint density at radius 3 is 2.52 bits per heavy atom. The average Bonchev–Trinajstić information content (AvgIpc) is 2.38. The largest absolute Gasteiger partial charge is 0.384 e. The Hall–Kier alpha value is -1.82. The molecule has 2 N–H and O–H groups in total. The lowest BCUT2D eigenvalue weighted by Crippen LogP contribution is -2.35. The van der Waals surface area contributed by atoms with Gasteiger partial charge in [0.05, 0.1) is 15.6 Å². The van der Waals surface area contributed by atoms with Gasteiger partial charge in [0, 0.05) is 30.6 Å². The van der Waals surface area contributed by atoms with Crippen LogP contribution in [0.4, 0.5) is 11.4 Å². The van der Waals surface area contributed by atoms with E-state index in [1.807, 2.05) is 20.8 Å². The molecule has 0 saturated heterocycles. The number of benzene rings is 1. The van der Waals surface area contributed by atoms with Gasteiger partial charge < -0.3 is 10.6 Å². The zero-order valence-corrected chi connectivity index (χ0v) is 13.2. The lowest BCUT2D eigenvalue weighted by molar-refractivity contribution is -0.384. The van der Waals surface area contributed by atoms with E-state index in [0.717, 1.165) is 6.42 Å². The minimum atomic E-state index is -0.488. The van der Waals surface area contributed by atoms with Crippen molar-refractivity contribution in [2.75, 3.05) is 18.4 Å². The van der Waals surface area contributed by atoms with Gasteiger partial charge in [-0.25, -0.2) is 0 Å². The molecule has 21 heavy (non-hydrogen) atoms. The van der Waals surface area contributed by atoms with E-state index in [1.54, 1.807) is 6.07 Å². The fourth-order valence-electron chi connectivity index (χ4n) is 1.54. The van der Waals surface area contributed by atoms with E-state index in [2.05, 4.69) is 10.6 Å². The molecule has 0 bridgehead atoms. The molecule has 0 aliphatic carbocycles. The van der Waals surface area contributed by atoms with Crippen molar-refractivity contribution in [3.8, 4) is 0 Å². The Kier molecular flexibility index (Phi) is 5.96. The molecule has 0 heterocycles. The van der Waals surface area contributed by atoms with Gasteiger partial charge >= 0.3 is 0 Å². The second-order valence-electron chi connectivity index (χ2n) is 5.71. The van der Waals surface area contributed by atoms with Crippen LogP contribution >= 0.6 is 11.6 Å². The number of nitrogens with one attached hydrogen (secondary N) is 2. The van der Waals surface area contributed by atoms with E-state index in [4.69, 9.17) is 11.6 Å². The summed E-state index contributed by atoms with van der Waals surface area (Å²) in [7, 11) is 0. The standard InChI is InChI=1S/C14H20ClN3O3/c1-14(2,3)13(19)17-8-4-7-16-12-6-5-10(18(20)21)9-11(12)15/h5-6,9,16H,4,7-8H2,1-3H3,(H,17,19). The monoisotopic (exact) mass is 313 g/mol. The molecule has 0 atom stereocenters. The molecular weight excluding hydrogens is 294 g/mol. The van der Waals surface area contributed by atoms with E-state index >= 15 is 0 Å². The summed E-state index contributed by atoms with van der Waals surface area (Å²) in [6, 6.07) is 4.29. The van der Waals surface area contributed by atoms with Crippen LogP contribution in [0.5, 0.6) is 0 Å². The molecule has 0 saturated carbocycles. The number of carbonyl (C=O) groups is 1. The molecule has 0 aliphatic heterocycles. The number of non-ortho nitro benzene ring substituents is 1. The first-order valence-electron chi connectivity index (χ1n) is 6.68. The summed E-state index contributed by atoms with van der Waals surface area (Å²) in [6.45, 7) is 6.75. The van der Waals surface area contributed by atoms with Gasteiger partial charge in [0.1, 0.15) is 0 Å². The number of halogens is 1. The first-order valence-corrected chi connectivity index (χ1v) is 7.05. The normalized spacial score (nSPS) is 11.0. The van der Waals surface area contributed by atoms with Crippen LogP contribution < -0.4 is 10.6 Å². The van der Waals surface area contributed by atoms with Gasteiger partial charge in [0.25, 0.3) is 5.69 Å². The third-order valence-corrected chi connectivity index (χ3v) is 3.11. The van der Waals surface area contributed by atoms with Crippen molar-refractivity contribution in [1.29, 1.82) is 0 Å². The van der Waals surface area contributed by atoms with Crippen LogP contribution in [-0.4, -0.2) is 23.9 Å². The van der Waals surface area contributed by atoms with E-state index < -0.39 is 10.3 Å². The van der Waals surface area contributed by atoms with Gasteiger partial charge in [0.2, 0.25) is 5.91 Å². The first kappa shape index (κ1) is 17.2. The van der Waals surface area contributed by atoms with Gasteiger partial charge in [-0.1, -0.05) is 32.4 Å². The molecule has 1 aromatic carbocycles. The number of nitrogens with zero attached hydrogens (tertiary/aromatic N) is 1. The van der Waals surface area contributed by atoms with E-state index in [1.165, 1.54) is 12.1 Å². The highest BCUT2D eigenvalue weighted by atomic mass is 35.5. The Bertz CT molecular complexity index is 527. The Morgan fingerprint density at radius 1 is 1.33 bits per heavy atom. The SMILES string of the molecule is CC(C)(C)C(=O)NCCCNc1ccc([N+](=O)[O-])cc1Cl. The van der Waals surface area contributed by atoms with Crippen molar-refractivity contribution >= 4 is 28.9 Å². The lowest BCUT2D eigenvalue weighted by atomic mass is 9.96. The highest BCUT2D eigenvalue weighted by Gasteiger charge is 2.20. The highest BCUT2D eigenvalue weighted by Crippen LogP contribution is 2.26. The van der Waals surface area contributed by atoms with Gasteiger partial charge in [-0.3, -0.25) is 14.9 Å². The molecule has 0 fully saturated rings. The quantitative estimate of drug-likeness (QED) is 0.480. The molecule has 0 radical (unpaired) electrons. The van der Waals surface area contributed by atoms with Gasteiger partial charge in [-0.2, -0.15) is 0 Å². The fraction of sp³-hybridized carbons (Fsp3) is 0.500. The van der Waals surface area contributed by atoms with Crippen molar-refractivity contribution in [3.05, 3.63) is 33.3 Å². The topological polar surface area (TPSA) is 84.3 Å². The number of carbonyl (C=O) groups excluding carboxylic acids is 1. The van der Waals surface area contributed by atoms with Crippen LogP contribution in [0.25, 0.3) is 0 Å². The van der Waals surface area contributed by atoms with Crippen LogP contribution in [-0.2, 0) is 4.79 Å². The van der Waals surface area contributed by atoms with Crippen LogP contribution in [0.2, 0.25) is 5.02 Å². The molecule has 1 amide bonds. The fourth-order valence-corrected chi connectivity index (χ4v) is 1.78. The summed E-state index contributed by atoms with van der Waals surface area (Å²) >= 11 is 5.96. The summed E-state index contributed by atoms with van der Waals surface area (Å²) in [4.78, 5) is 21.7. The van der Waals surface area contributed by atoms with E-state index in [9.17, 15) is 14.9 Å². The molecule has 1 rings (SSSR count). The molecule has 6 nitrogen and oxygen atoms in total. The second-order valence-corrected chi connectivity index (χ2v) is 6.11. The summed E-state index contributed by atoms with van der Waals surface area (Å²) < 4.78 is 0. The second kappa shape index (κ2) is 7.26. The van der Waals surface area contributed by atoms with E-state index in [0.29, 0.717) is 23.8 Å². The maximum absolute atomic E-state index is 11.6. The van der Waals surface area contributed by atoms with Crippen LogP contribution in [0, 0.1) is 15.5 Å². The number of hydrogen-bond acceptors (Lipinski definition) is 4. The van der Waals surface area contributed by atoms with E-state index in [-0.39, 0.29) is 11.6 Å². The Morgan fingerprint density at radius 2 is 2.00 bits per heavy atom. The average molecular weight is 314 g/mol. The molecule has 7 heteroatoms. The van der Waals surface area contributed by atoms with Crippen molar-refractivity contribution < 1.29 is 9.72 Å². The number of nitro benzene ring substituents is 1. The minimum Gasteiger partial charge on any atom is -0.384 e. The summed E-state index contributed by atoms with van der Waals surface area (Å²) in [5.41, 5.74) is 0.210. The predicted octanol–water partition coefficient (Wildman–Crippen LogP) is 3.21. The van der Waals surface area contributed by atoms with Crippen molar-refractivity contribution in [2.45, 2.75) is 27.2 Å².